The molecule has 0 bridgehead atoms. The second-order valence-corrected chi connectivity index (χ2v) is 6.67. The third-order valence-corrected chi connectivity index (χ3v) is 5.17. The van der Waals surface area contributed by atoms with E-state index in [1.165, 1.54) is 12.0 Å². The minimum atomic E-state index is -0.708. The minimum absolute atomic E-state index is 0.231. The Hall–Kier alpha value is -3.09. The van der Waals surface area contributed by atoms with Gasteiger partial charge in [0, 0.05) is 30.9 Å². The molecule has 1 amide bonds. The van der Waals surface area contributed by atoms with Gasteiger partial charge in [0.1, 0.15) is 11.4 Å². The molecule has 1 atom stereocenters. The molecule has 7 heteroatoms. The number of aromatic nitrogens is 1. The summed E-state index contributed by atoms with van der Waals surface area (Å²) in [5.74, 6) is -0.361. The fraction of sp³-hybridized carbons (Fsp3) is 0.381. The van der Waals surface area contributed by atoms with Crippen LogP contribution in [0, 0.1) is 13.8 Å². The number of Topliss-reactive ketones (excluding diaryl/α,β-unsaturated/α-hetero) is 1. The van der Waals surface area contributed by atoms with Gasteiger partial charge in [-0.05, 0) is 50.6 Å². The van der Waals surface area contributed by atoms with Gasteiger partial charge in [0.25, 0.3) is 5.91 Å². The van der Waals surface area contributed by atoms with Gasteiger partial charge < -0.3 is 18.9 Å². The summed E-state index contributed by atoms with van der Waals surface area (Å²) in [7, 11) is 6.15. The number of hydrogen-bond acceptors (Lipinski definition) is 5. The molecule has 1 aromatic carbocycles. The van der Waals surface area contributed by atoms with Crippen LogP contribution in [0.15, 0.2) is 24.3 Å². The fourth-order valence-corrected chi connectivity index (χ4v) is 3.22. The zero-order valence-electron chi connectivity index (χ0n) is 17.3. The predicted molar refractivity (Wildman–Crippen MR) is 105 cm³/mol. The van der Waals surface area contributed by atoms with E-state index in [1.807, 2.05) is 0 Å². The highest BCUT2D eigenvalue weighted by molar-refractivity contribution is 6.07. The van der Waals surface area contributed by atoms with Gasteiger partial charge in [-0.25, -0.2) is 4.79 Å². The molecule has 1 aromatic heterocycles. The average Bonchev–Trinajstić information content (AvgIpc) is 2.93. The van der Waals surface area contributed by atoms with E-state index in [2.05, 4.69) is 0 Å². The van der Waals surface area contributed by atoms with Crippen LogP contribution < -0.4 is 4.74 Å². The van der Waals surface area contributed by atoms with E-state index in [-0.39, 0.29) is 11.7 Å². The van der Waals surface area contributed by atoms with Crippen LogP contribution in [0.3, 0.4) is 0 Å². The molecule has 1 unspecified atom stereocenters. The quantitative estimate of drug-likeness (QED) is 0.564. The Kier molecular flexibility index (Phi) is 6.28. The number of nitrogens with zero attached hydrogens (tertiary/aromatic N) is 2. The number of benzene rings is 1. The molecule has 0 fully saturated rings. The molecule has 2 aromatic rings. The lowest BCUT2D eigenvalue weighted by Crippen LogP contribution is -2.40. The summed E-state index contributed by atoms with van der Waals surface area (Å²) in [6.07, 6.45) is 0. The van der Waals surface area contributed by atoms with Crippen LogP contribution in [0.5, 0.6) is 5.75 Å². The molecule has 0 aliphatic heterocycles. The molecule has 2 rings (SSSR count). The lowest BCUT2D eigenvalue weighted by Gasteiger charge is -2.24. The van der Waals surface area contributed by atoms with Crippen LogP contribution >= 0.6 is 0 Å². The Morgan fingerprint density at radius 1 is 1.07 bits per heavy atom. The van der Waals surface area contributed by atoms with Gasteiger partial charge in [-0.1, -0.05) is 0 Å². The van der Waals surface area contributed by atoms with Gasteiger partial charge in [-0.2, -0.15) is 0 Å². The van der Waals surface area contributed by atoms with Crippen LogP contribution in [-0.2, 0) is 11.8 Å². The largest absolute Gasteiger partial charge is 0.497 e. The van der Waals surface area contributed by atoms with E-state index in [1.54, 1.807) is 70.8 Å². The van der Waals surface area contributed by atoms with E-state index in [4.69, 9.17) is 9.47 Å². The van der Waals surface area contributed by atoms with Crippen molar-refractivity contribution >= 4 is 17.7 Å². The Bertz CT molecular complexity index is 912. The molecule has 150 valence electrons. The van der Waals surface area contributed by atoms with E-state index < -0.39 is 12.0 Å². The van der Waals surface area contributed by atoms with Crippen molar-refractivity contribution in [3.8, 4) is 5.75 Å². The maximum atomic E-state index is 13.2. The first-order valence-electron chi connectivity index (χ1n) is 8.85. The van der Waals surface area contributed by atoms with Crippen LogP contribution in [0.4, 0.5) is 0 Å². The molecule has 0 saturated heterocycles. The first kappa shape index (κ1) is 21.2. The number of rotatable bonds is 6. The summed E-state index contributed by atoms with van der Waals surface area (Å²) in [6, 6.07) is 6.00. The zero-order chi connectivity index (χ0) is 21.2. The Morgan fingerprint density at radius 3 is 2.14 bits per heavy atom. The van der Waals surface area contributed by atoms with Gasteiger partial charge in [-0.15, -0.1) is 0 Å². The summed E-state index contributed by atoms with van der Waals surface area (Å²) in [4.78, 5) is 39.4. The molecule has 28 heavy (non-hydrogen) atoms. The molecule has 0 saturated carbocycles. The Balaban J connectivity index is 2.33. The SMILES string of the molecule is COC(=O)c1c(C)c(C(=O)C(C)N(C)C(=O)c2ccc(OC)cc2)c(C)n1C. The second-order valence-electron chi connectivity index (χ2n) is 6.67. The predicted octanol–water partition coefficient (Wildman–Crippen LogP) is 2.78. The number of methoxy groups -OCH3 is 2. The van der Waals surface area contributed by atoms with Crippen molar-refractivity contribution in [2.75, 3.05) is 21.3 Å². The minimum Gasteiger partial charge on any atom is -0.497 e. The highest BCUT2D eigenvalue weighted by Crippen LogP contribution is 2.25. The number of carbonyl (C=O) groups excluding carboxylic acids is 3. The number of ether oxygens (including phenoxy) is 2. The van der Waals surface area contributed by atoms with Crippen molar-refractivity contribution < 1.29 is 23.9 Å². The maximum absolute atomic E-state index is 13.2. The summed E-state index contributed by atoms with van der Waals surface area (Å²) >= 11 is 0. The molecule has 0 aliphatic rings. The summed E-state index contributed by atoms with van der Waals surface area (Å²) < 4.78 is 11.6. The van der Waals surface area contributed by atoms with Crippen molar-refractivity contribution in [3.63, 3.8) is 0 Å². The normalized spacial score (nSPS) is 11.7. The van der Waals surface area contributed by atoms with Gasteiger partial charge in [-0.3, -0.25) is 9.59 Å². The Morgan fingerprint density at radius 2 is 1.64 bits per heavy atom. The molecule has 0 spiro atoms. The van der Waals surface area contributed by atoms with Gasteiger partial charge in [0.2, 0.25) is 0 Å². The van der Waals surface area contributed by atoms with E-state index in [0.29, 0.717) is 33.8 Å². The van der Waals surface area contributed by atoms with Crippen LogP contribution in [-0.4, -0.2) is 54.4 Å². The number of esters is 1. The van der Waals surface area contributed by atoms with Crippen molar-refractivity contribution in [1.29, 1.82) is 0 Å². The van der Waals surface area contributed by atoms with Gasteiger partial charge in [0.05, 0.1) is 20.3 Å². The average molecular weight is 386 g/mol. The first-order valence-corrected chi connectivity index (χ1v) is 8.85. The molecule has 7 nitrogen and oxygen atoms in total. The Labute approximate surface area is 164 Å². The standard InChI is InChI=1S/C21H26N2O5/c1-12-17(13(2)22(4)18(12)21(26)28-7)19(24)14(3)23(5)20(25)15-8-10-16(27-6)11-9-15/h8-11,14H,1-7H3. The fourth-order valence-electron chi connectivity index (χ4n) is 3.22. The van der Waals surface area contributed by atoms with Crippen molar-refractivity contribution in [3.05, 3.63) is 52.3 Å². The lowest BCUT2D eigenvalue weighted by atomic mass is 9.99. The van der Waals surface area contributed by atoms with Crippen LogP contribution in [0.25, 0.3) is 0 Å². The highest BCUT2D eigenvalue weighted by Gasteiger charge is 2.31. The smallest absolute Gasteiger partial charge is 0.354 e. The number of likely N-dealkylation sites (N-methyl/N-ethyl adjacent to an activating group) is 1. The summed E-state index contributed by atoms with van der Waals surface area (Å²) in [5, 5.41) is 0. The van der Waals surface area contributed by atoms with E-state index in [0.717, 1.165) is 0 Å². The topological polar surface area (TPSA) is 77.8 Å². The first-order chi connectivity index (χ1) is 13.1. The van der Waals surface area contributed by atoms with Gasteiger partial charge in [0.15, 0.2) is 5.78 Å². The maximum Gasteiger partial charge on any atom is 0.354 e. The molecule has 0 N–H and O–H groups in total. The molecule has 1 heterocycles. The summed E-state index contributed by atoms with van der Waals surface area (Å²) in [5.41, 5.74) is 2.43. The number of hydrogen-bond donors (Lipinski definition) is 0. The van der Waals surface area contributed by atoms with Gasteiger partial charge >= 0.3 is 5.97 Å². The molecule has 0 aliphatic carbocycles. The lowest BCUT2D eigenvalue weighted by molar-refractivity contribution is 0.0588. The third-order valence-electron chi connectivity index (χ3n) is 5.17. The highest BCUT2D eigenvalue weighted by atomic mass is 16.5. The molecular formula is C21H26N2O5. The third kappa shape index (κ3) is 3.65. The molecule has 0 radical (unpaired) electrons. The number of ketones is 1. The monoisotopic (exact) mass is 386 g/mol. The number of carbonyl (C=O) groups is 3. The zero-order valence-corrected chi connectivity index (χ0v) is 17.3. The molecular weight excluding hydrogens is 360 g/mol. The number of amides is 1. The van der Waals surface area contributed by atoms with Crippen molar-refractivity contribution in [2.24, 2.45) is 7.05 Å². The van der Waals surface area contributed by atoms with Crippen LogP contribution in [0.1, 0.15) is 49.4 Å². The van der Waals surface area contributed by atoms with Crippen LogP contribution in [0.2, 0.25) is 0 Å². The van der Waals surface area contributed by atoms with E-state index >= 15 is 0 Å². The second kappa shape index (κ2) is 8.29. The van der Waals surface area contributed by atoms with E-state index in [9.17, 15) is 14.4 Å². The summed E-state index contributed by atoms with van der Waals surface area (Å²) in [6.45, 7) is 5.16. The van der Waals surface area contributed by atoms with Crippen molar-refractivity contribution in [1.82, 2.24) is 9.47 Å². The van der Waals surface area contributed by atoms with Crippen molar-refractivity contribution in [2.45, 2.75) is 26.8 Å².